The van der Waals surface area contributed by atoms with Crippen molar-refractivity contribution >= 4 is 0 Å². The Morgan fingerprint density at radius 3 is 2.60 bits per heavy atom. The summed E-state index contributed by atoms with van der Waals surface area (Å²) in [5.41, 5.74) is 5.68. The number of hydrogen-bond donors (Lipinski definition) is 1. The Bertz CT molecular complexity index is 129. The molecule has 58 valence electrons. The van der Waals surface area contributed by atoms with Crippen LogP contribution in [0.25, 0.3) is 0 Å². The van der Waals surface area contributed by atoms with Crippen LogP contribution in [0.2, 0.25) is 0 Å². The first kappa shape index (κ1) is 6.66. The average molecular weight is 139 g/mol. The summed E-state index contributed by atoms with van der Waals surface area (Å²) >= 11 is 0. The molecule has 0 heterocycles. The SMILES string of the molecule is C[C@H]1C2CCC(CN)[C@@H]1C2. The summed E-state index contributed by atoms with van der Waals surface area (Å²) in [5.74, 6) is 3.96. The molecular weight excluding hydrogens is 122 g/mol. The summed E-state index contributed by atoms with van der Waals surface area (Å²) in [7, 11) is 0. The molecule has 2 bridgehead atoms. The molecular formula is C9H17N. The van der Waals surface area contributed by atoms with Crippen LogP contribution in [0.3, 0.4) is 0 Å². The predicted octanol–water partition coefficient (Wildman–Crippen LogP) is 1.63. The maximum absolute atomic E-state index is 5.68. The van der Waals surface area contributed by atoms with E-state index in [0.717, 1.165) is 30.2 Å². The van der Waals surface area contributed by atoms with E-state index in [4.69, 9.17) is 5.73 Å². The lowest BCUT2D eigenvalue weighted by atomic mass is 9.54. The third-order valence-corrected chi connectivity index (χ3v) is 3.81. The molecule has 2 N–H and O–H groups in total. The highest BCUT2D eigenvalue weighted by Gasteiger charge is 2.45. The van der Waals surface area contributed by atoms with Crippen molar-refractivity contribution in [2.45, 2.75) is 26.2 Å². The molecule has 1 nitrogen and oxygen atoms in total. The summed E-state index contributed by atoms with van der Waals surface area (Å²) in [6.07, 6.45) is 4.36. The molecule has 0 spiro atoms. The van der Waals surface area contributed by atoms with E-state index in [9.17, 15) is 0 Å². The number of hydrogen-bond acceptors (Lipinski definition) is 1. The first-order valence-electron chi connectivity index (χ1n) is 4.53. The van der Waals surface area contributed by atoms with Crippen molar-refractivity contribution in [2.75, 3.05) is 6.54 Å². The van der Waals surface area contributed by atoms with Gasteiger partial charge in [-0.2, -0.15) is 0 Å². The molecule has 0 aliphatic heterocycles. The van der Waals surface area contributed by atoms with Crippen LogP contribution in [-0.2, 0) is 0 Å². The molecule has 0 radical (unpaired) electrons. The molecule has 3 aliphatic rings. The lowest BCUT2D eigenvalue weighted by Crippen LogP contribution is -2.46. The minimum Gasteiger partial charge on any atom is -0.330 e. The highest BCUT2D eigenvalue weighted by molar-refractivity contribution is 4.95. The second-order valence-electron chi connectivity index (χ2n) is 4.09. The van der Waals surface area contributed by atoms with Gasteiger partial charge in [0, 0.05) is 0 Å². The van der Waals surface area contributed by atoms with Crippen molar-refractivity contribution in [3.63, 3.8) is 0 Å². The van der Waals surface area contributed by atoms with Gasteiger partial charge < -0.3 is 5.73 Å². The second-order valence-corrected chi connectivity index (χ2v) is 4.09. The zero-order valence-electron chi connectivity index (χ0n) is 6.72. The summed E-state index contributed by atoms with van der Waals surface area (Å²) in [6, 6.07) is 0. The van der Waals surface area contributed by atoms with Gasteiger partial charge in [-0.05, 0) is 49.5 Å². The van der Waals surface area contributed by atoms with Crippen LogP contribution in [0.5, 0.6) is 0 Å². The van der Waals surface area contributed by atoms with Gasteiger partial charge in [-0.1, -0.05) is 6.92 Å². The Balaban J connectivity index is 2.00. The smallest absolute Gasteiger partial charge is 0.00461 e. The van der Waals surface area contributed by atoms with Crippen LogP contribution in [0.15, 0.2) is 0 Å². The Morgan fingerprint density at radius 1 is 1.40 bits per heavy atom. The highest BCUT2D eigenvalue weighted by Crippen LogP contribution is 2.52. The van der Waals surface area contributed by atoms with Crippen molar-refractivity contribution < 1.29 is 0 Å². The van der Waals surface area contributed by atoms with Crippen LogP contribution >= 0.6 is 0 Å². The Labute approximate surface area is 63.0 Å². The van der Waals surface area contributed by atoms with E-state index < -0.39 is 0 Å². The van der Waals surface area contributed by atoms with Crippen LogP contribution in [0, 0.1) is 23.7 Å². The number of fused-ring (bicyclic) bond motifs is 2. The predicted molar refractivity (Wildman–Crippen MR) is 42.5 cm³/mol. The summed E-state index contributed by atoms with van der Waals surface area (Å²) in [5, 5.41) is 0. The lowest BCUT2D eigenvalue weighted by Gasteiger charge is -2.52. The molecule has 2 unspecified atom stereocenters. The average Bonchev–Trinajstić information content (AvgIpc) is 2.03. The van der Waals surface area contributed by atoms with Gasteiger partial charge in [-0.3, -0.25) is 0 Å². The maximum Gasteiger partial charge on any atom is -0.00461 e. The lowest BCUT2D eigenvalue weighted by molar-refractivity contribution is -0.0196. The minimum atomic E-state index is 0.875. The molecule has 0 saturated heterocycles. The molecule has 0 amide bonds. The summed E-state index contributed by atoms with van der Waals surface area (Å²) in [6.45, 7) is 3.34. The van der Waals surface area contributed by atoms with Crippen LogP contribution in [-0.4, -0.2) is 6.54 Å². The quantitative estimate of drug-likeness (QED) is 0.587. The largest absolute Gasteiger partial charge is 0.330 e. The van der Waals surface area contributed by atoms with Crippen LogP contribution in [0.1, 0.15) is 26.2 Å². The first-order chi connectivity index (χ1) is 4.83. The topological polar surface area (TPSA) is 26.0 Å². The Hall–Kier alpha value is -0.0400. The highest BCUT2D eigenvalue weighted by atomic mass is 14.6. The molecule has 4 atom stereocenters. The van der Waals surface area contributed by atoms with Crippen LogP contribution in [0.4, 0.5) is 0 Å². The van der Waals surface area contributed by atoms with Crippen molar-refractivity contribution in [3.05, 3.63) is 0 Å². The van der Waals surface area contributed by atoms with E-state index in [1.165, 1.54) is 19.3 Å². The zero-order valence-corrected chi connectivity index (χ0v) is 6.72. The van der Waals surface area contributed by atoms with Crippen LogP contribution < -0.4 is 5.73 Å². The monoisotopic (exact) mass is 139 g/mol. The van der Waals surface area contributed by atoms with Crippen molar-refractivity contribution in [1.29, 1.82) is 0 Å². The molecule has 3 aliphatic carbocycles. The third-order valence-electron chi connectivity index (χ3n) is 3.81. The standard InChI is InChI=1S/C9H17N/c1-6-7-2-3-8(5-10)9(6)4-7/h6-9H,2-5,10H2,1H3/t6-,7?,8?,9+/m0/s1. The fourth-order valence-corrected chi connectivity index (χ4v) is 2.87. The van der Waals surface area contributed by atoms with Gasteiger partial charge in [-0.15, -0.1) is 0 Å². The first-order valence-corrected chi connectivity index (χ1v) is 4.53. The van der Waals surface area contributed by atoms with Gasteiger partial charge in [0.2, 0.25) is 0 Å². The van der Waals surface area contributed by atoms with Gasteiger partial charge in [0.05, 0.1) is 0 Å². The van der Waals surface area contributed by atoms with E-state index >= 15 is 0 Å². The van der Waals surface area contributed by atoms with Crippen molar-refractivity contribution in [3.8, 4) is 0 Å². The molecule has 3 fully saturated rings. The normalized spacial score (nSPS) is 52.2. The second kappa shape index (κ2) is 2.23. The molecule has 0 aromatic heterocycles. The Kier molecular flexibility index (Phi) is 1.48. The molecule has 0 aromatic carbocycles. The van der Waals surface area contributed by atoms with E-state index in [1.54, 1.807) is 0 Å². The fraction of sp³-hybridized carbons (Fsp3) is 1.00. The minimum absolute atomic E-state index is 0.875. The maximum atomic E-state index is 5.68. The van der Waals surface area contributed by atoms with E-state index in [0.29, 0.717) is 0 Å². The Morgan fingerprint density at radius 2 is 2.20 bits per heavy atom. The van der Waals surface area contributed by atoms with Gasteiger partial charge in [-0.25, -0.2) is 0 Å². The van der Waals surface area contributed by atoms with E-state index in [1.807, 2.05) is 0 Å². The molecule has 3 saturated carbocycles. The molecule has 1 heteroatoms. The summed E-state index contributed by atoms with van der Waals surface area (Å²) in [4.78, 5) is 0. The van der Waals surface area contributed by atoms with Gasteiger partial charge in [0.25, 0.3) is 0 Å². The van der Waals surface area contributed by atoms with Crippen molar-refractivity contribution in [2.24, 2.45) is 29.4 Å². The van der Waals surface area contributed by atoms with Gasteiger partial charge >= 0.3 is 0 Å². The number of rotatable bonds is 1. The molecule has 10 heavy (non-hydrogen) atoms. The van der Waals surface area contributed by atoms with Gasteiger partial charge in [0.1, 0.15) is 0 Å². The zero-order chi connectivity index (χ0) is 7.14. The van der Waals surface area contributed by atoms with E-state index in [2.05, 4.69) is 6.92 Å². The van der Waals surface area contributed by atoms with E-state index in [-0.39, 0.29) is 0 Å². The van der Waals surface area contributed by atoms with Crippen molar-refractivity contribution in [1.82, 2.24) is 0 Å². The molecule has 0 aromatic rings. The number of nitrogens with two attached hydrogens (primary N) is 1. The summed E-state index contributed by atoms with van der Waals surface area (Å²) < 4.78 is 0. The van der Waals surface area contributed by atoms with Gasteiger partial charge in [0.15, 0.2) is 0 Å². The fourth-order valence-electron chi connectivity index (χ4n) is 2.87. The third kappa shape index (κ3) is 0.731. The molecule has 3 rings (SSSR count).